The first-order chi connectivity index (χ1) is 18.3. The fraction of sp³-hybridized carbons (Fsp3) is 0.583. The molecule has 1 amide bonds. The summed E-state index contributed by atoms with van der Waals surface area (Å²) in [4.78, 5) is 31.3. The zero-order valence-electron chi connectivity index (χ0n) is 21.0. The number of carbonyl (C=O) groups is 1. The largest absolute Gasteiger partial charge is 0.423 e. The monoisotopic (exact) mass is 562 g/mol. The van der Waals surface area contributed by atoms with Crippen LogP contribution in [0.3, 0.4) is 0 Å². The number of pyridine rings is 1. The number of carbonyl (C=O) groups excluding carboxylic acids is 1. The maximum Gasteiger partial charge on any atom is 0.423 e. The van der Waals surface area contributed by atoms with E-state index in [0.29, 0.717) is 5.56 Å². The molecule has 1 aliphatic carbocycles. The molecule has 1 unspecified atom stereocenters. The smallest absolute Gasteiger partial charge is 0.379 e. The molecule has 1 saturated heterocycles. The molecule has 2 aliphatic rings. The van der Waals surface area contributed by atoms with Gasteiger partial charge in [0.2, 0.25) is 5.91 Å². The van der Waals surface area contributed by atoms with Crippen molar-refractivity contribution >= 4 is 17.4 Å². The predicted octanol–water partition coefficient (Wildman–Crippen LogP) is 3.64. The summed E-state index contributed by atoms with van der Waals surface area (Å²) in [5.74, 6) is -0.241. The van der Waals surface area contributed by atoms with E-state index in [4.69, 9.17) is 4.74 Å². The van der Waals surface area contributed by atoms with Crippen LogP contribution in [0, 0.1) is 0 Å². The van der Waals surface area contributed by atoms with Crippen LogP contribution in [0.5, 0.6) is 0 Å². The van der Waals surface area contributed by atoms with Crippen LogP contribution < -0.4 is 15.8 Å². The molecule has 3 heterocycles. The highest BCUT2D eigenvalue weighted by Gasteiger charge is 2.39. The summed E-state index contributed by atoms with van der Waals surface area (Å²) in [6, 6.07) is 0.552. The van der Waals surface area contributed by atoms with Gasteiger partial charge in [0.1, 0.15) is 11.4 Å². The Morgan fingerprint density at radius 3 is 2.44 bits per heavy atom. The van der Waals surface area contributed by atoms with Crippen molar-refractivity contribution in [1.82, 2.24) is 20.1 Å². The fourth-order valence-electron chi connectivity index (χ4n) is 4.42. The highest BCUT2D eigenvalue weighted by atomic mass is 19.4. The summed E-state index contributed by atoms with van der Waals surface area (Å²) in [6.45, 7) is 2.31. The number of aromatic amines is 1. The molecule has 2 aromatic heterocycles. The average Bonchev–Trinajstić information content (AvgIpc) is 3.71. The first kappa shape index (κ1) is 28.6. The van der Waals surface area contributed by atoms with E-state index >= 15 is 0 Å². The lowest BCUT2D eigenvalue weighted by atomic mass is 10.1. The molecule has 0 bridgehead atoms. The molecule has 0 aromatic carbocycles. The normalized spacial score (nSPS) is 17.3. The van der Waals surface area contributed by atoms with Crippen LogP contribution in [-0.4, -0.2) is 71.4 Å². The van der Waals surface area contributed by atoms with Gasteiger partial charge in [0, 0.05) is 38.4 Å². The van der Waals surface area contributed by atoms with Crippen molar-refractivity contribution in [2.45, 2.75) is 50.5 Å². The summed E-state index contributed by atoms with van der Waals surface area (Å²) in [5.41, 5.74) is -3.41. The van der Waals surface area contributed by atoms with Gasteiger partial charge in [-0.1, -0.05) is 0 Å². The number of hydrogen-bond donors (Lipinski definition) is 2. The Balaban J connectivity index is 1.23. The number of hydrogen-bond acceptors (Lipinski definition) is 7. The number of alkyl halides is 6. The molecule has 1 aliphatic heterocycles. The quantitative estimate of drug-likeness (QED) is 0.356. The molecule has 2 fully saturated rings. The zero-order valence-corrected chi connectivity index (χ0v) is 21.0. The molecule has 2 N–H and O–H groups in total. The Morgan fingerprint density at radius 2 is 1.82 bits per heavy atom. The number of piperazine rings is 1. The zero-order chi connectivity index (χ0) is 28.4. The van der Waals surface area contributed by atoms with E-state index in [1.165, 1.54) is 22.1 Å². The average molecular weight is 563 g/mol. The Kier molecular flexibility index (Phi) is 8.37. The Morgan fingerprint density at radius 1 is 1.13 bits per heavy atom. The molecule has 0 spiro atoms. The Bertz CT molecular complexity index is 1220. The predicted molar refractivity (Wildman–Crippen MR) is 128 cm³/mol. The number of aromatic nitrogens is 3. The van der Waals surface area contributed by atoms with Crippen molar-refractivity contribution in [3.63, 3.8) is 0 Å². The first-order valence-electron chi connectivity index (χ1n) is 12.4. The van der Waals surface area contributed by atoms with E-state index < -0.39 is 40.8 Å². The first-order valence-corrected chi connectivity index (χ1v) is 12.4. The van der Waals surface area contributed by atoms with Gasteiger partial charge in [0.15, 0.2) is 0 Å². The molecule has 15 heteroatoms. The number of anilines is 2. The van der Waals surface area contributed by atoms with Crippen LogP contribution in [0.15, 0.2) is 23.3 Å². The molecule has 214 valence electrons. The van der Waals surface area contributed by atoms with Gasteiger partial charge in [0.25, 0.3) is 5.56 Å². The van der Waals surface area contributed by atoms with E-state index in [0.717, 1.165) is 19.0 Å². The van der Waals surface area contributed by atoms with E-state index in [-0.39, 0.29) is 63.5 Å². The second-order valence-electron chi connectivity index (χ2n) is 9.64. The van der Waals surface area contributed by atoms with Gasteiger partial charge in [-0.2, -0.15) is 31.4 Å². The highest BCUT2D eigenvalue weighted by molar-refractivity contribution is 5.76. The van der Waals surface area contributed by atoms with Gasteiger partial charge in [-0.25, -0.2) is 10.1 Å². The SMILES string of the molecule is CC(COCCC(=O)N1CCN(c2ncc(C3CC3)cc2C(F)(F)F)CC1)Nc1cn[nH]c(=O)c1C(F)(F)F. The van der Waals surface area contributed by atoms with Gasteiger partial charge in [-0.05, 0) is 37.3 Å². The van der Waals surface area contributed by atoms with Crippen molar-refractivity contribution in [2.24, 2.45) is 0 Å². The van der Waals surface area contributed by atoms with E-state index in [2.05, 4.69) is 15.4 Å². The molecule has 1 atom stereocenters. The minimum Gasteiger partial charge on any atom is -0.379 e. The third-order valence-corrected chi connectivity index (χ3v) is 6.54. The van der Waals surface area contributed by atoms with Gasteiger partial charge >= 0.3 is 12.4 Å². The molecule has 1 saturated carbocycles. The Hall–Kier alpha value is -3.36. The lowest BCUT2D eigenvalue weighted by Gasteiger charge is -2.36. The number of ether oxygens (including phenoxy) is 1. The third-order valence-electron chi connectivity index (χ3n) is 6.54. The summed E-state index contributed by atoms with van der Waals surface area (Å²) in [6.07, 6.45) is -5.33. The maximum atomic E-state index is 13.7. The molecular weight excluding hydrogens is 534 g/mol. The summed E-state index contributed by atoms with van der Waals surface area (Å²) in [5, 5.41) is 7.68. The number of nitrogens with zero attached hydrogens (tertiary/aromatic N) is 4. The van der Waals surface area contributed by atoms with Crippen LogP contribution in [0.2, 0.25) is 0 Å². The Labute approximate surface area is 219 Å². The minimum absolute atomic E-state index is 0.00474. The number of H-pyrrole nitrogens is 1. The van der Waals surface area contributed by atoms with Crippen molar-refractivity contribution in [3.8, 4) is 0 Å². The van der Waals surface area contributed by atoms with Crippen LogP contribution in [-0.2, 0) is 21.9 Å². The number of nitrogens with one attached hydrogen (secondary N) is 2. The van der Waals surface area contributed by atoms with Crippen LogP contribution in [0.25, 0.3) is 0 Å². The fourth-order valence-corrected chi connectivity index (χ4v) is 4.42. The lowest BCUT2D eigenvalue weighted by molar-refractivity contribution is -0.138. The third kappa shape index (κ3) is 7.19. The second-order valence-corrected chi connectivity index (χ2v) is 9.64. The van der Waals surface area contributed by atoms with Crippen LogP contribution in [0.4, 0.5) is 37.8 Å². The molecule has 4 rings (SSSR count). The standard InChI is InChI=1S/C24H28F6N6O3/c1-14(33-18-12-32-34-22(38)20(18)24(28,29)30)13-39-9-4-19(37)35-5-7-36(8-6-35)21-17(23(25,26)27)10-16(11-31-21)15-2-3-15/h10-12,14-15H,2-9,13H2,1H3,(H2,33,34,38). The van der Waals surface area contributed by atoms with Gasteiger partial charge in [-0.15, -0.1) is 0 Å². The summed E-state index contributed by atoms with van der Waals surface area (Å²) >= 11 is 0. The van der Waals surface area contributed by atoms with E-state index in [1.807, 2.05) is 0 Å². The van der Waals surface area contributed by atoms with Gasteiger partial charge < -0.3 is 19.9 Å². The maximum absolute atomic E-state index is 13.7. The molecular formula is C24H28F6N6O3. The van der Waals surface area contributed by atoms with E-state index in [1.54, 1.807) is 12.0 Å². The minimum atomic E-state index is -4.87. The van der Waals surface area contributed by atoms with Crippen molar-refractivity contribution < 1.29 is 35.9 Å². The van der Waals surface area contributed by atoms with Crippen molar-refractivity contribution in [2.75, 3.05) is 49.6 Å². The van der Waals surface area contributed by atoms with Crippen molar-refractivity contribution in [1.29, 1.82) is 0 Å². The molecule has 39 heavy (non-hydrogen) atoms. The molecule has 9 nitrogen and oxygen atoms in total. The summed E-state index contributed by atoms with van der Waals surface area (Å²) < 4.78 is 86.0. The van der Waals surface area contributed by atoms with Crippen molar-refractivity contribution in [3.05, 3.63) is 45.5 Å². The molecule has 0 radical (unpaired) electrons. The van der Waals surface area contributed by atoms with Crippen LogP contribution >= 0.6 is 0 Å². The highest BCUT2D eigenvalue weighted by Crippen LogP contribution is 2.43. The van der Waals surface area contributed by atoms with Crippen LogP contribution in [0.1, 0.15) is 48.8 Å². The number of rotatable bonds is 9. The number of amides is 1. The topological polar surface area (TPSA) is 103 Å². The van der Waals surface area contributed by atoms with Gasteiger partial charge in [0.05, 0.1) is 37.1 Å². The summed E-state index contributed by atoms with van der Waals surface area (Å²) in [7, 11) is 0. The van der Waals surface area contributed by atoms with Gasteiger partial charge in [-0.3, -0.25) is 9.59 Å². The lowest BCUT2D eigenvalue weighted by Crippen LogP contribution is -2.49. The molecule has 2 aromatic rings. The second kappa shape index (κ2) is 11.4. The number of halogens is 6. The van der Waals surface area contributed by atoms with E-state index in [9.17, 15) is 35.9 Å².